The Bertz CT molecular complexity index is 478. The second-order valence-electron chi connectivity index (χ2n) is 5.64. The second kappa shape index (κ2) is 6.87. The molecule has 4 N–H and O–H groups in total. The molecule has 0 bridgehead atoms. The van der Waals surface area contributed by atoms with Crippen LogP contribution in [-0.4, -0.2) is 35.9 Å². The van der Waals surface area contributed by atoms with Crippen LogP contribution >= 0.6 is 15.9 Å². The van der Waals surface area contributed by atoms with E-state index in [4.69, 9.17) is 0 Å². The molecule has 2 fully saturated rings. The molecule has 114 valence electrons. The summed E-state index contributed by atoms with van der Waals surface area (Å²) < 4.78 is 0. The predicted octanol–water partition coefficient (Wildman–Crippen LogP) is 0.836. The molecule has 21 heavy (non-hydrogen) atoms. The van der Waals surface area contributed by atoms with E-state index in [0.29, 0.717) is 12.6 Å². The predicted molar refractivity (Wildman–Crippen MR) is 86.0 cm³/mol. The Labute approximate surface area is 133 Å². The number of benzene rings is 1. The fourth-order valence-corrected chi connectivity index (χ4v) is 3.74. The Balaban J connectivity index is 1.55. The number of hydrogen-bond donors (Lipinski definition) is 4. The summed E-state index contributed by atoms with van der Waals surface area (Å²) in [7, 11) is 0. The van der Waals surface area contributed by atoms with Crippen LogP contribution in [0.25, 0.3) is 0 Å². The van der Waals surface area contributed by atoms with Crippen molar-refractivity contribution in [2.24, 2.45) is 0 Å². The first-order valence-corrected chi connectivity index (χ1v) is 8.38. The number of carbonyl (C=O) groups is 1. The largest absolute Gasteiger partial charge is 0.353 e. The molecule has 2 aliphatic rings. The molecule has 2 saturated heterocycles. The minimum Gasteiger partial charge on any atom is -0.353 e. The van der Waals surface area contributed by atoms with Crippen molar-refractivity contribution in [2.45, 2.75) is 35.8 Å². The van der Waals surface area contributed by atoms with Crippen LogP contribution in [0.4, 0.5) is 0 Å². The van der Waals surface area contributed by atoms with Gasteiger partial charge in [0.05, 0.1) is 10.9 Å². The van der Waals surface area contributed by atoms with Gasteiger partial charge in [0.2, 0.25) is 5.91 Å². The maximum absolute atomic E-state index is 12.3. The number of nitrogens with one attached hydrogen (secondary N) is 4. The third-order valence-corrected chi connectivity index (χ3v) is 5.21. The monoisotopic (exact) mass is 352 g/mol. The molecule has 0 aromatic heterocycles. The molecule has 0 spiro atoms. The smallest absolute Gasteiger partial charge is 0.239 e. The van der Waals surface area contributed by atoms with Gasteiger partial charge in [-0.1, -0.05) is 46.3 Å². The van der Waals surface area contributed by atoms with Gasteiger partial charge in [-0.05, 0) is 24.9 Å². The van der Waals surface area contributed by atoms with E-state index in [1.807, 2.05) is 18.2 Å². The van der Waals surface area contributed by atoms with Gasteiger partial charge in [-0.15, -0.1) is 0 Å². The van der Waals surface area contributed by atoms with Gasteiger partial charge >= 0.3 is 0 Å². The van der Waals surface area contributed by atoms with Gasteiger partial charge in [-0.3, -0.25) is 4.79 Å². The first-order chi connectivity index (χ1) is 10.3. The van der Waals surface area contributed by atoms with E-state index in [0.717, 1.165) is 13.0 Å². The zero-order chi connectivity index (χ0) is 14.7. The fraction of sp³-hybridized carbons (Fsp3) is 0.533. The number of halogens is 1. The van der Waals surface area contributed by atoms with Crippen LogP contribution in [-0.2, 0) is 4.79 Å². The molecule has 2 heterocycles. The molecule has 1 amide bonds. The highest BCUT2D eigenvalue weighted by atomic mass is 79.9. The summed E-state index contributed by atoms with van der Waals surface area (Å²) in [5.41, 5.74) is 7.48. The van der Waals surface area contributed by atoms with E-state index < -0.39 is 0 Å². The molecule has 1 aromatic carbocycles. The third-order valence-electron chi connectivity index (χ3n) is 4.16. The summed E-state index contributed by atoms with van der Waals surface area (Å²) in [5, 5.41) is 6.42. The maximum atomic E-state index is 12.3. The Hall–Kier alpha value is -0.950. The van der Waals surface area contributed by atoms with Gasteiger partial charge < -0.3 is 10.6 Å². The highest BCUT2D eigenvalue weighted by Gasteiger charge is 2.39. The van der Waals surface area contributed by atoms with E-state index in [1.54, 1.807) is 0 Å². The first-order valence-electron chi connectivity index (χ1n) is 7.47. The van der Waals surface area contributed by atoms with Crippen molar-refractivity contribution in [3.8, 4) is 0 Å². The van der Waals surface area contributed by atoms with E-state index in [2.05, 4.69) is 49.5 Å². The molecule has 6 heteroatoms. The van der Waals surface area contributed by atoms with E-state index in [9.17, 15) is 4.79 Å². The lowest BCUT2D eigenvalue weighted by atomic mass is 10.0. The van der Waals surface area contributed by atoms with Gasteiger partial charge in [0.15, 0.2) is 0 Å². The van der Waals surface area contributed by atoms with E-state index in [1.165, 1.54) is 12.0 Å². The summed E-state index contributed by atoms with van der Waals surface area (Å²) >= 11 is 3.66. The summed E-state index contributed by atoms with van der Waals surface area (Å²) in [6, 6.07) is 10.4. The molecule has 3 rings (SSSR count). The minimum atomic E-state index is -0.267. The standard InChI is InChI=1S/C15H21BrN4O/c16-12-13(10-5-2-1-3-6-10)19-20-14(12)15(21)18-9-11-7-4-8-17-11/h1-3,5-6,11-14,17,19-20H,4,7-9H2,(H,18,21). The number of hydrogen-bond acceptors (Lipinski definition) is 4. The van der Waals surface area contributed by atoms with Crippen molar-refractivity contribution in [2.75, 3.05) is 13.1 Å². The average Bonchev–Trinajstić information content (AvgIpc) is 3.15. The number of rotatable bonds is 4. The quantitative estimate of drug-likeness (QED) is 0.606. The molecular weight excluding hydrogens is 332 g/mol. The Kier molecular flexibility index (Phi) is 4.90. The third kappa shape index (κ3) is 3.45. The Morgan fingerprint density at radius 1 is 1.29 bits per heavy atom. The van der Waals surface area contributed by atoms with Crippen LogP contribution in [0.15, 0.2) is 30.3 Å². The van der Waals surface area contributed by atoms with Gasteiger partial charge in [-0.2, -0.15) is 0 Å². The van der Waals surface area contributed by atoms with Gasteiger partial charge in [0.1, 0.15) is 6.04 Å². The van der Waals surface area contributed by atoms with Crippen LogP contribution in [0.5, 0.6) is 0 Å². The summed E-state index contributed by atoms with van der Waals surface area (Å²) in [6.07, 6.45) is 2.34. The lowest BCUT2D eigenvalue weighted by Crippen LogP contribution is -2.48. The second-order valence-corrected chi connectivity index (χ2v) is 6.69. The van der Waals surface area contributed by atoms with Crippen molar-refractivity contribution in [3.05, 3.63) is 35.9 Å². The molecule has 0 saturated carbocycles. The molecule has 2 aliphatic heterocycles. The highest BCUT2D eigenvalue weighted by Crippen LogP contribution is 2.28. The molecule has 4 atom stereocenters. The Morgan fingerprint density at radius 2 is 2.10 bits per heavy atom. The van der Waals surface area contributed by atoms with Crippen molar-refractivity contribution in [1.29, 1.82) is 0 Å². The van der Waals surface area contributed by atoms with Crippen LogP contribution in [0.3, 0.4) is 0 Å². The molecule has 0 radical (unpaired) electrons. The summed E-state index contributed by atoms with van der Waals surface area (Å²) in [5.74, 6) is 0.0384. The number of alkyl halides is 1. The highest BCUT2D eigenvalue weighted by molar-refractivity contribution is 9.09. The number of hydrazine groups is 1. The van der Waals surface area contributed by atoms with Crippen LogP contribution < -0.4 is 21.5 Å². The van der Waals surface area contributed by atoms with Gasteiger partial charge in [0.25, 0.3) is 0 Å². The van der Waals surface area contributed by atoms with Crippen molar-refractivity contribution >= 4 is 21.8 Å². The first kappa shape index (κ1) is 15.0. The molecule has 4 unspecified atom stereocenters. The fourth-order valence-electron chi connectivity index (χ4n) is 2.93. The SMILES string of the molecule is O=C(NCC1CCCN1)C1NNC(c2ccccc2)C1Br. The normalized spacial score (nSPS) is 32.2. The molecule has 0 aliphatic carbocycles. The summed E-state index contributed by atoms with van der Waals surface area (Å²) in [4.78, 5) is 12.3. The lowest BCUT2D eigenvalue weighted by molar-refractivity contribution is -0.122. The lowest BCUT2D eigenvalue weighted by Gasteiger charge is -2.18. The molecular formula is C15H21BrN4O. The number of amides is 1. The van der Waals surface area contributed by atoms with Gasteiger partial charge in [-0.25, -0.2) is 10.9 Å². The van der Waals surface area contributed by atoms with Crippen LogP contribution in [0.1, 0.15) is 24.4 Å². The van der Waals surface area contributed by atoms with E-state index in [-0.39, 0.29) is 22.8 Å². The van der Waals surface area contributed by atoms with Crippen molar-refractivity contribution < 1.29 is 4.79 Å². The van der Waals surface area contributed by atoms with Crippen LogP contribution in [0, 0.1) is 0 Å². The topological polar surface area (TPSA) is 65.2 Å². The van der Waals surface area contributed by atoms with E-state index >= 15 is 0 Å². The number of carbonyl (C=O) groups excluding carboxylic acids is 1. The average molecular weight is 353 g/mol. The maximum Gasteiger partial charge on any atom is 0.239 e. The van der Waals surface area contributed by atoms with Gasteiger partial charge in [0, 0.05) is 12.6 Å². The minimum absolute atomic E-state index is 0.0245. The van der Waals surface area contributed by atoms with Crippen molar-refractivity contribution in [1.82, 2.24) is 21.5 Å². The molecule has 1 aromatic rings. The Morgan fingerprint density at radius 3 is 2.81 bits per heavy atom. The molecule has 5 nitrogen and oxygen atoms in total. The zero-order valence-corrected chi connectivity index (χ0v) is 13.4. The summed E-state index contributed by atoms with van der Waals surface area (Å²) in [6.45, 7) is 1.76. The van der Waals surface area contributed by atoms with Crippen molar-refractivity contribution in [3.63, 3.8) is 0 Å². The van der Waals surface area contributed by atoms with Crippen LogP contribution in [0.2, 0.25) is 0 Å². The zero-order valence-electron chi connectivity index (χ0n) is 11.8.